The Morgan fingerprint density at radius 2 is 2.12 bits per heavy atom. The zero-order valence-corrected chi connectivity index (χ0v) is 5.30. The second kappa shape index (κ2) is 6.44. The van der Waals surface area contributed by atoms with E-state index in [0.717, 1.165) is 13.0 Å². The van der Waals surface area contributed by atoms with Crippen molar-refractivity contribution in [2.75, 3.05) is 6.54 Å². The van der Waals surface area contributed by atoms with Gasteiger partial charge in [0.2, 0.25) is 0 Å². The van der Waals surface area contributed by atoms with Crippen LogP contribution in [0.2, 0.25) is 0 Å². The van der Waals surface area contributed by atoms with Crippen LogP contribution in [0.1, 0.15) is 13.3 Å². The van der Waals surface area contributed by atoms with Crippen LogP contribution in [0.5, 0.6) is 0 Å². The van der Waals surface area contributed by atoms with Gasteiger partial charge >= 0.3 is 0 Å². The molecule has 0 saturated carbocycles. The molecular formula is C7H13N. The first kappa shape index (κ1) is 7.44. The second-order valence-electron chi connectivity index (χ2n) is 1.53. The Labute approximate surface area is 50.9 Å². The number of hydrogen-bond donors (Lipinski definition) is 1. The fourth-order valence-corrected chi connectivity index (χ4v) is 0.382. The molecule has 0 radical (unpaired) electrons. The van der Waals surface area contributed by atoms with Crippen molar-refractivity contribution >= 4 is 0 Å². The summed E-state index contributed by atoms with van der Waals surface area (Å²) >= 11 is 0. The van der Waals surface area contributed by atoms with Crippen LogP contribution in [-0.4, -0.2) is 6.54 Å². The quantitative estimate of drug-likeness (QED) is 0.548. The topological polar surface area (TPSA) is 26.0 Å². The van der Waals surface area contributed by atoms with E-state index in [2.05, 4.69) is 6.08 Å². The van der Waals surface area contributed by atoms with Gasteiger partial charge in [-0.1, -0.05) is 24.3 Å². The van der Waals surface area contributed by atoms with Gasteiger partial charge in [-0.15, -0.1) is 0 Å². The normalized spacial score (nSPS) is 11.8. The van der Waals surface area contributed by atoms with Crippen molar-refractivity contribution in [3.05, 3.63) is 24.3 Å². The monoisotopic (exact) mass is 111 g/mol. The molecule has 0 aliphatic heterocycles. The Hall–Kier alpha value is -0.560. The van der Waals surface area contributed by atoms with E-state index in [-0.39, 0.29) is 0 Å². The summed E-state index contributed by atoms with van der Waals surface area (Å²) in [6, 6.07) is 0. The lowest BCUT2D eigenvalue weighted by Gasteiger charge is -1.79. The highest BCUT2D eigenvalue weighted by atomic mass is 14.5. The molecule has 0 bridgehead atoms. The highest BCUT2D eigenvalue weighted by molar-refractivity contribution is 5.00. The third kappa shape index (κ3) is 5.44. The molecule has 0 rings (SSSR count). The van der Waals surface area contributed by atoms with Crippen LogP contribution in [-0.2, 0) is 0 Å². The van der Waals surface area contributed by atoms with Crippen LogP contribution in [0.15, 0.2) is 24.3 Å². The van der Waals surface area contributed by atoms with Crippen molar-refractivity contribution < 1.29 is 0 Å². The maximum atomic E-state index is 5.24. The summed E-state index contributed by atoms with van der Waals surface area (Å²) in [6.07, 6.45) is 9.03. The van der Waals surface area contributed by atoms with E-state index in [1.807, 2.05) is 25.2 Å². The molecule has 1 heteroatoms. The lowest BCUT2D eigenvalue weighted by atomic mass is 10.3. The van der Waals surface area contributed by atoms with E-state index < -0.39 is 0 Å². The number of hydrogen-bond acceptors (Lipinski definition) is 1. The van der Waals surface area contributed by atoms with Crippen LogP contribution in [0.4, 0.5) is 0 Å². The molecule has 0 fully saturated rings. The Morgan fingerprint density at radius 3 is 2.62 bits per heavy atom. The van der Waals surface area contributed by atoms with Crippen molar-refractivity contribution in [2.45, 2.75) is 13.3 Å². The molecule has 0 amide bonds. The van der Waals surface area contributed by atoms with E-state index in [4.69, 9.17) is 5.73 Å². The average Bonchev–Trinajstić information content (AvgIpc) is 1.81. The van der Waals surface area contributed by atoms with Gasteiger partial charge in [-0.25, -0.2) is 0 Å². The van der Waals surface area contributed by atoms with E-state index >= 15 is 0 Å². The van der Waals surface area contributed by atoms with Gasteiger partial charge in [0.15, 0.2) is 0 Å². The van der Waals surface area contributed by atoms with E-state index in [0.29, 0.717) is 0 Å². The summed E-state index contributed by atoms with van der Waals surface area (Å²) in [6.45, 7) is 2.74. The molecule has 0 spiro atoms. The zero-order valence-electron chi connectivity index (χ0n) is 5.30. The number of rotatable bonds is 3. The van der Waals surface area contributed by atoms with Crippen molar-refractivity contribution in [1.82, 2.24) is 0 Å². The van der Waals surface area contributed by atoms with Crippen molar-refractivity contribution in [3.8, 4) is 0 Å². The summed E-state index contributed by atoms with van der Waals surface area (Å²) < 4.78 is 0. The molecule has 0 aliphatic rings. The third-order valence-electron chi connectivity index (χ3n) is 0.773. The molecule has 46 valence electrons. The predicted molar refractivity (Wildman–Crippen MR) is 37.6 cm³/mol. The molecule has 0 aromatic carbocycles. The van der Waals surface area contributed by atoms with Crippen molar-refractivity contribution in [2.24, 2.45) is 5.73 Å². The maximum absolute atomic E-state index is 5.24. The largest absolute Gasteiger partial charge is 0.330 e. The number of nitrogens with two attached hydrogens (primary N) is 1. The SMILES string of the molecule is C/C=C\C=C/CCN. The molecule has 8 heavy (non-hydrogen) atoms. The lowest BCUT2D eigenvalue weighted by molar-refractivity contribution is 1.01. The highest BCUT2D eigenvalue weighted by Gasteiger charge is 1.66. The van der Waals surface area contributed by atoms with Gasteiger partial charge in [-0.3, -0.25) is 0 Å². The first-order valence-electron chi connectivity index (χ1n) is 2.89. The molecule has 1 nitrogen and oxygen atoms in total. The molecule has 0 aliphatic carbocycles. The van der Waals surface area contributed by atoms with Gasteiger partial charge in [0, 0.05) is 0 Å². The second-order valence-corrected chi connectivity index (χ2v) is 1.53. The minimum absolute atomic E-state index is 0.744. The maximum Gasteiger partial charge on any atom is -0.00425 e. The molecule has 0 saturated heterocycles. The van der Waals surface area contributed by atoms with Crippen molar-refractivity contribution in [1.29, 1.82) is 0 Å². The van der Waals surface area contributed by atoms with Crippen LogP contribution >= 0.6 is 0 Å². The average molecular weight is 111 g/mol. The van der Waals surface area contributed by atoms with E-state index in [1.54, 1.807) is 0 Å². The van der Waals surface area contributed by atoms with Crippen molar-refractivity contribution in [3.63, 3.8) is 0 Å². The summed E-state index contributed by atoms with van der Waals surface area (Å²) in [5.41, 5.74) is 5.24. The Balaban J connectivity index is 3.07. The lowest BCUT2D eigenvalue weighted by Crippen LogP contribution is -1.94. The van der Waals surface area contributed by atoms with Gasteiger partial charge in [-0.2, -0.15) is 0 Å². The Bertz CT molecular complexity index is 82.4. The van der Waals surface area contributed by atoms with Gasteiger partial charge < -0.3 is 5.73 Å². The third-order valence-corrected chi connectivity index (χ3v) is 0.773. The Kier molecular flexibility index (Phi) is 5.99. The first-order chi connectivity index (χ1) is 3.91. The zero-order chi connectivity index (χ0) is 6.24. The fraction of sp³-hybridized carbons (Fsp3) is 0.429. The van der Waals surface area contributed by atoms with Crippen LogP contribution in [0, 0.1) is 0 Å². The standard InChI is InChI=1S/C7H13N/c1-2-3-4-5-6-7-8/h2-5H,6-8H2,1H3/b3-2-,5-4-. The first-order valence-corrected chi connectivity index (χ1v) is 2.89. The fourth-order valence-electron chi connectivity index (χ4n) is 0.382. The molecule has 0 heterocycles. The highest BCUT2D eigenvalue weighted by Crippen LogP contribution is 1.79. The summed E-state index contributed by atoms with van der Waals surface area (Å²) in [5.74, 6) is 0. The molecule has 0 atom stereocenters. The molecule has 0 unspecified atom stereocenters. The van der Waals surface area contributed by atoms with E-state index in [1.165, 1.54) is 0 Å². The number of allylic oxidation sites excluding steroid dienone is 3. The van der Waals surface area contributed by atoms with Crippen LogP contribution < -0.4 is 5.73 Å². The molecule has 2 N–H and O–H groups in total. The Morgan fingerprint density at radius 1 is 1.38 bits per heavy atom. The summed E-state index contributed by atoms with van der Waals surface area (Å²) in [7, 11) is 0. The minimum Gasteiger partial charge on any atom is -0.330 e. The van der Waals surface area contributed by atoms with Gasteiger partial charge in [0.25, 0.3) is 0 Å². The molecule has 0 aromatic rings. The smallest absolute Gasteiger partial charge is 0.00425 e. The molecular weight excluding hydrogens is 98.1 g/mol. The van der Waals surface area contributed by atoms with Crippen LogP contribution in [0.3, 0.4) is 0 Å². The molecule has 0 aromatic heterocycles. The van der Waals surface area contributed by atoms with Gasteiger partial charge in [0.1, 0.15) is 0 Å². The van der Waals surface area contributed by atoms with Gasteiger partial charge in [0.05, 0.1) is 0 Å². The van der Waals surface area contributed by atoms with Gasteiger partial charge in [-0.05, 0) is 19.9 Å². The van der Waals surface area contributed by atoms with E-state index in [9.17, 15) is 0 Å². The predicted octanol–water partition coefficient (Wildman–Crippen LogP) is 1.47. The minimum atomic E-state index is 0.744. The van der Waals surface area contributed by atoms with Crippen LogP contribution in [0.25, 0.3) is 0 Å². The summed E-state index contributed by atoms with van der Waals surface area (Å²) in [5, 5.41) is 0. The summed E-state index contributed by atoms with van der Waals surface area (Å²) in [4.78, 5) is 0.